The van der Waals surface area contributed by atoms with Crippen LogP contribution in [0.25, 0.3) is 0 Å². The quantitative estimate of drug-likeness (QED) is 0.873. The largest absolute Gasteiger partial charge is 0.384 e. The van der Waals surface area contributed by atoms with Gasteiger partial charge in [0.15, 0.2) is 0 Å². The van der Waals surface area contributed by atoms with Gasteiger partial charge in [-0.3, -0.25) is 4.90 Å². The summed E-state index contributed by atoms with van der Waals surface area (Å²) in [5.41, 5.74) is 7.14. The lowest BCUT2D eigenvalue weighted by molar-refractivity contribution is 0.0697. The van der Waals surface area contributed by atoms with Gasteiger partial charge < -0.3 is 10.5 Å². The van der Waals surface area contributed by atoms with E-state index in [1.54, 1.807) is 7.11 Å². The lowest BCUT2D eigenvalue weighted by Gasteiger charge is -2.38. The molecule has 112 valence electrons. The van der Waals surface area contributed by atoms with Crippen LogP contribution in [-0.4, -0.2) is 38.3 Å². The molecule has 5 heteroatoms. The maximum Gasteiger partial charge on any atom is 0.0502 e. The van der Waals surface area contributed by atoms with Crippen molar-refractivity contribution in [1.82, 2.24) is 4.90 Å². The Labute approximate surface area is 134 Å². The Bertz CT molecular complexity index is 442. The zero-order chi connectivity index (χ0) is 14.5. The number of likely N-dealkylation sites (tertiary alicyclic amines) is 1. The van der Waals surface area contributed by atoms with E-state index in [9.17, 15) is 0 Å². The number of rotatable bonds is 5. The molecule has 3 nitrogen and oxygen atoms in total. The Hall–Kier alpha value is -0.130. The van der Waals surface area contributed by atoms with E-state index < -0.39 is 0 Å². The fourth-order valence-electron chi connectivity index (χ4n) is 3.00. The molecule has 0 aromatic heterocycles. The van der Waals surface area contributed by atoms with Gasteiger partial charge in [0.1, 0.15) is 0 Å². The SMILES string of the molecule is COCC1CCCN(C(CN)c2ccc(Br)cc2Cl)C1. The highest BCUT2D eigenvalue weighted by atomic mass is 79.9. The second kappa shape index (κ2) is 7.76. The molecule has 0 radical (unpaired) electrons. The van der Waals surface area contributed by atoms with Crippen molar-refractivity contribution < 1.29 is 4.74 Å². The summed E-state index contributed by atoms with van der Waals surface area (Å²) in [5, 5.41) is 0.781. The zero-order valence-electron chi connectivity index (χ0n) is 11.8. The first-order chi connectivity index (χ1) is 9.65. The molecule has 0 aliphatic carbocycles. The van der Waals surface area contributed by atoms with E-state index in [0.717, 1.165) is 34.8 Å². The molecule has 0 bridgehead atoms. The highest BCUT2D eigenvalue weighted by Crippen LogP contribution is 2.32. The maximum absolute atomic E-state index is 6.38. The van der Waals surface area contributed by atoms with Crippen molar-refractivity contribution in [2.45, 2.75) is 18.9 Å². The smallest absolute Gasteiger partial charge is 0.0502 e. The van der Waals surface area contributed by atoms with E-state index in [1.807, 2.05) is 12.1 Å². The zero-order valence-corrected chi connectivity index (χ0v) is 14.2. The van der Waals surface area contributed by atoms with Crippen molar-refractivity contribution in [3.8, 4) is 0 Å². The van der Waals surface area contributed by atoms with Crippen molar-refractivity contribution in [1.29, 1.82) is 0 Å². The average Bonchev–Trinajstić information content (AvgIpc) is 2.43. The first-order valence-corrected chi connectivity index (χ1v) is 8.20. The molecule has 1 aromatic rings. The molecule has 0 saturated carbocycles. The van der Waals surface area contributed by atoms with E-state index in [2.05, 4.69) is 26.9 Å². The number of nitrogens with zero attached hydrogens (tertiary/aromatic N) is 1. The molecule has 2 atom stereocenters. The number of halogens is 2. The number of hydrogen-bond acceptors (Lipinski definition) is 3. The van der Waals surface area contributed by atoms with Crippen LogP contribution in [0.5, 0.6) is 0 Å². The molecule has 2 unspecified atom stereocenters. The van der Waals surface area contributed by atoms with Gasteiger partial charge in [0.25, 0.3) is 0 Å². The number of nitrogens with two attached hydrogens (primary N) is 1. The molecule has 1 heterocycles. The summed E-state index contributed by atoms with van der Waals surface area (Å²) in [7, 11) is 1.77. The van der Waals surface area contributed by atoms with E-state index in [1.165, 1.54) is 12.8 Å². The Morgan fingerprint density at radius 1 is 1.55 bits per heavy atom. The summed E-state index contributed by atoms with van der Waals surface area (Å²) in [6, 6.07) is 6.23. The molecule has 20 heavy (non-hydrogen) atoms. The predicted octanol–water partition coefficient (Wildman–Crippen LogP) is 3.46. The monoisotopic (exact) mass is 360 g/mol. The molecule has 1 saturated heterocycles. The van der Waals surface area contributed by atoms with Gasteiger partial charge in [-0.05, 0) is 43.0 Å². The summed E-state index contributed by atoms with van der Waals surface area (Å²) in [6.07, 6.45) is 2.42. The van der Waals surface area contributed by atoms with Gasteiger partial charge in [0.2, 0.25) is 0 Å². The van der Waals surface area contributed by atoms with E-state index in [-0.39, 0.29) is 6.04 Å². The Morgan fingerprint density at radius 2 is 2.35 bits per heavy atom. The topological polar surface area (TPSA) is 38.5 Å². The Balaban J connectivity index is 2.14. The van der Waals surface area contributed by atoms with Gasteiger partial charge in [0.05, 0.1) is 6.61 Å². The first kappa shape index (κ1) is 16.2. The number of piperidine rings is 1. The van der Waals surface area contributed by atoms with Crippen LogP contribution in [0.15, 0.2) is 22.7 Å². The van der Waals surface area contributed by atoms with Crippen LogP contribution in [-0.2, 0) is 4.74 Å². The molecule has 1 aromatic carbocycles. The second-order valence-corrected chi connectivity index (χ2v) is 6.70. The van der Waals surface area contributed by atoms with Crippen LogP contribution in [0.4, 0.5) is 0 Å². The van der Waals surface area contributed by atoms with Gasteiger partial charge in [0, 0.05) is 35.7 Å². The third-order valence-corrected chi connectivity index (χ3v) is 4.76. The van der Waals surface area contributed by atoms with Gasteiger partial charge in [-0.25, -0.2) is 0 Å². The van der Waals surface area contributed by atoms with Gasteiger partial charge >= 0.3 is 0 Å². The molecule has 0 amide bonds. The number of methoxy groups -OCH3 is 1. The van der Waals surface area contributed by atoms with Crippen LogP contribution >= 0.6 is 27.5 Å². The summed E-state index contributed by atoms with van der Waals surface area (Å²) < 4.78 is 6.30. The second-order valence-electron chi connectivity index (χ2n) is 5.38. The van der Waals surface area contributed by atoms with Gasteiger partial charge in [-0.15, -0.1) is 0 Å². The summed E-state index contributed by atoms with van der Waals surface area (Å²) in [5.74, 6) is 0.594. The molecule has 1 aliphatic rings. The van der Waals surface area contributed by atoms with Crippen molar-refractivity contribution in [3.63, 3.8) is 0 Å². The summed E-state index contributed by atoms with van der Waals surface area (Å²) in [4.78, 5) is 2.45. The molecule has 1 fully saturated rings. The molecule has 0 spiro atoms. The van der Waals surface area contributed by atoms with Crippen LogP contribution in [0.1, 0.15) is 24.4 Å². The first-order valence-electron chi connectivity index (χ1n) is 7.03. The average molecular weight is 362 g/mol. The number of benzene rings is 1. The number of ether oxygens (including phenoxy) is 1. The fraction of sp³-hybridized carbons (Fsp3) is 0.600. The van der Waals surface area contributed by atoms with Gasteiger partial charge in [-0.1, -0.05) is 33.6 Å². The summed E-state index contributed by atoms with van der Waals surface area (Å²) in [6.45, 7) is 3.51. The van der Waals surface area contributed by atoms with Crippen LogP contribution in [0.3, 0.4) is 0 Å². The van der Waals surface area contributed by atoms with Gasteiger partial charge in [-0.2, -0.15) is 0 Å². The minimum Gasteiger partial charge on any atom is -0.384 e. The molecular weight excluding hydrogens is 340 g/mol. The van der Waals surface area contributed by atoms with Crippen molar-refractivity contribution >= 4 is 27.5 Å². The van der Waals surface area contributed by atoms with Crippen LogP contribution in [0.2, 0.25) is 5.02 Å². The molecule has 2 N–H and O–H groups in total. The lowest BCUT2D eigenvalue weighted by Crippen LogP contribution is -2.42. The maximum atomic E-state index is 6.38. The van der Waals surface area contributed by atoms with Crippen LogP contribution < -0.4 is 5.73 Å². The minimum absolute atomic E-state index is 0.190. The molecular formula is C15H22BrClN2O. The molecule has 2 rings (SSSR count). The van der Waals surface area contributed by atoms with Crippen LogP contribution in [0, 0.1) is 5.92 Å². The third-order valence-electron chi connectivity index (χ3n) is 3.94. The van der Waals surface area contributed by atoms with Crippen molar-refractivity contribution in [2.75, 3.05) is 33.4 Å². The number of hydrogen-bond donors (Lipinski definition) is 1. The van der Waals surface area contributed by atoms with E-state index in [4.69, 9.17) is 22.1 Å². The lowest BCUT2D eigenvalue weighted by atomic mass is 9.95. The van der Waals surface area contributed by atoms with Crippen molar-refractivity contribution in [3.05, 3.63) is 33.3 Å². The molecule has 1 aliphatic heterocycles. The highest BCUT2D eigenvalue weighted by Gasteiger charge is 2.27. The van der Waals surface area contributed by atoms with E-state index in [0.29, 0.717) is 12.5 Å². The standard InChI is InChI=1S/C15H22BrClN2O/c1-20-10-11-3-2-6-19(9-11)15(8-18)13-5-4-12(16)7-14(13)17/h4-5,7,11,15H,2-3,6,8-10,18H2,1H3. The van der Waals surface area contributed by atoms with Crippen molar-refractivity contribution in [2.24, 2.45) is 11.7 Å². The minimum atomic E-state index is 0.190. The summed E-state index contributed by atoms with van der Waals surface area (Å²) >= 11 is 9.83. The highest BCUT2D eigenvalue weighted by molar-refractivity contribution is 9.10. The third kappa shape index (κ3) is 3.95. The normalized spacial score (nSPS) is 21.9. The predicted molar refractivity (Wildman–Crippen MR) is 87.1 cm³/mol. The van der Waals surface area contributed by atoms with E-state index >= 15 is 0 Å². The Kier molecular flexibility index (Phi) is 6.30. The Morgan fingerprint density at radius 3 is 3.00 bits per heavy atom. The fourth-order valence-corrected chi connectivity index (χ4v) is 3.80.